The minimum Gasteiger partial charge on any atom is -0.392 e. The predicted molar refractivity (Wildman–Crippen MR) is 81.9 cm³/mol. The zero-order chi connectivity index (χ0) is 13.9. The molecule has 0 bridgehead atoms. The van der Waals surface area contributed by atoms with E-state index in [1.54, 1.807) is 0 Å². The second-order valence-corrected chi connectivity index (χ2v) is 6.64. The maximum Gasteiger partial charge on any atom is 0.235 e. The molecular weight excluding hydrogens is 256 g/mol. The van der Waals surface area contributed by atoms with Gasteiger partial charge in [0.1, 0.15) is 0 Å². The number of thiocarbonyl (C=S) groups is 1. The van der Waals surface area contributed by atoms with Crippen LogP contribution in [0.1, 0.15) is 64.7 Å². The zero-order valence-corrected chi connectivity index (χ0v) is 12.8. The first kappa shape index (κ1) is 14.8. The third-order valence-electron chi connectivity index (χ3n) is 4.90. The summed E-state index contributed by atoms with van der Waals surface area (Å²) in [4.78, 5) is 15.5. The molecule has 19 heavy (non-hydrogen) atoms. The largest absolute Gasteiger partial charge is 0.392 e. The molecule has 2 fully saturated rings. The minimum atomic E-state index is -0.536. The molecule has 1 aliphatic heterocycles. The lowest BCUT2D eigenvalue weighted by molar-refractivity contribution is -0.141. The average Bonchev–Trinajstić information content (AvgIpc) is 2.63. The number of rotatable bonds is 2. The number of likely N-dealkylation sites (tertiary alicyclic amines) is 1. The van der Waals surface area contributed by atoms with E-state index in [4.69, 9.17) is 18.0 Å². The number of carbonyl (C=O) groups is 1. The summed E-state index contributed by atoms with van der Waals surface area (Å²) in [5, 5.41) is 0. The van der Waals surface area contributed by atoms with Crippen LogP contribution in [-0.2, 0) is 4.79 Å². The molecule has 1 aliphatic carbocycles. The molecule has 1 amide bonds. The molecule has 0 radical (unpaired) electrons. The van der Waals surface area contributed by atoms with Gasteiger partial charge in [-0.05, 0) is 32.6 Å². The van der Waals surface area contributed by atoms with Crippen molar-refractivity contribution in [3.8, 4) is 0 Å². The van der Waals surface area contributed by atoms with Crippen LogP contribution in [0, 0.1) is 5.41 Å². The molecule has 1 saturated heterocycles. The summed E-state index contributed by atoms with van der Waals surface area (Å²) in [7, 11) is 0. The highest BCUT2D eigenvalue weighted by molar-refractivity contribution is 7.80. The summed E-state index contributed by atoms with van der Waals surface area (Å²) in [5.41, 5.74) is 5.44. The van der Waals surface area contributed by atoms with Crippen molar-refractivity contribution >= 4 is 23.1 Å². The Kier molecular flexibility index (Phi) is 4.82. The van der Waals surface area contributed by atoms with Gasteiger partial charge in [0, 0.05) is 12.6 Å². The van der Waals surface area contributed by atoms with Gasteiger partial charge in [-0.15, -0.1) is 0 Å². The monoisotopic (exact) mass is 282 g/mol. The second kappa shape index (κ2) is 6.21. The highest BCUT2D eigenvalue weighted by atomic mass is 32.1. The first-order valence-corrected chi connectivity index (χ1v) is 8.10. The Balaban J connectivity index is 2.20. The molecule has 1 saturated carbocycles. The van der Waals surface area contributed by atoms with Crippen LogP contribution in [0.5, 0.6) is 0 Å². The highest BCUT2D eigenvalue weighted by Gasteiger charge is 2.45. The normalized spacial score (nSPS) is 27.6. The second-order valence-electron chi connectivity index (χ2n) is 6.20. The van der Waals surface area contributed by atoms with Crippen molar-refractivity contribution in [1.29, 1.82) is 0 Å². The van der Waals surface area contributed by atoms with E-state index in [1.807, 2.05) is 0 Å². The Bertz CT molecular complexity index is 350. The molecule has 0 aromatic heterocycles. The van der Waals surface area contributed by atoms with E-state index in [0.717, 1.165) is 45.1 Å². The van der Waals surface area contributed by atoms with E-state index in [2.05, 4.69) is 11.8 Å². The van der Waals surface area contributed by atoms with Gasteiger partial charge in [-0.3, -0.25) is 4.79 Å². The fourth-order valence-corrected chi connectivity index (χ4v) is 3.86. The van der Waals surface area contributed by atoms with E-state index in [-0.39, 0.29) is 5.91 Å². The maximum atomic E-state index is 13.0. The number of nitrogens with two attached hydrogens (primary N) is 1. The lowest BCUT2D eigenvalue weighted by Crippen LogP contribution is -2.53. The molecule has 1 atom stereocenters. The molecule has 0 aromatic rings. The Morgan fingerprint density at radius 1 is 1.16 bits per heavy atom. The minimum absolute atomic E-state index is 0.217. The molecule has 4 heteroatoms. The quantitative estimate of drug-likeness (QED) is 0.792. The van der Waals surface area contributed by atoms with Gasteiger partial charge >= 0.3 is 0 Å². The van der Waals surface area contributed by atoms with Gasteiger partial charge < -0.3 is 10.6 Å². The number of carbonyl (C=O) groups excluding carboxylic acids is 1. The summed E-state index contributed by atoms with van der Waals surface area (Å²) in [5.74, 6) is 0.217. The van der Waals surface area contributed by atoms with E-state index in [0.29, 0.717) is 11.0 Å². The molecule has 108 valence electrons. The van der Waals surface area contributed by atoms with Gasteiger partial charge in [0.05, 0.1) is 10.4 Å². The molecule has 0 spiro atoms. The van der Waals surface area contributed by atoms with Crippen molar-refractivity contribution in [3.05, 3.63) is 0 Å². The molecule has 2 N–H and O–H groups in total. The van der Waals surface area contributed by atoms with Crippen LogP contribution in [0.15, 0.2) is 0 Å². The lowest BCUT2D eigenvalue weighted by Gasteiger charge is -2.40. The van der Waals surface area contributed by atoms with Crippen LogP contribution in [-0.4, -0.2) is 28.4 Å². The third kappa shape index (κ3) is 2.93. The van der Waals surface area contributed by atoms with Crippen LogP contribution in [0.2, 0.25) is 0 Å². The van der Waals surface area contributed by atoms with Crippen molar-refractivity contribution in [1.82, 2.24) is 4.90 Å². The lowest BCUT2D eigenvalue weighted by atomic mass is 9.72. The number of hydrogen-bond acceptors (Lipinski definition) is 2. The molecule has 1 unspecified atom stereocenters. The summed E-state index contributed by atoms with van der Waals surface area (Å²) >= 11 is 5.28. The van der Waals surface area contributed by atoms with Crippen LogP contribution in [0.3, 0.4) is 0 Å². The maximum absolute atomic E-state index is 13.0. The molecule has 2 rings (SSSR count). The number of amides is 1. The molecule has 1 heterocycles. The first-order valence-electron chi connectivity index (χ1n) is 7.69. The topological polar surface area (TPSA) is 46.3 Å². The van der Waals surface area contributed by atoms with Crippen LogP contribution in [0.25, 0.3) is 0 Å². The van der Waals surface area contributed by atoms with Gasteiger partial charge in [-0.2, -0.15) is 0 Å². The molecular formula is C15H26N2OS. The van der Waals surface area contributed by atoms with Gasteiger partial charge in [0.25, 0.3) is 0 Å². The van der Waals surface area contributed by atoms with Crippen molar-refractivity contribution in [3.63, 3.8) is 0 Å². The van der Waals surface area contributed by atoms with Crippen LogP contribution in [0.4, 0.5) is 0 Å². The Hall–Kier alpha value is -0.640. The van der Waals surface area contributed by atoms with Crippen LogP contribution < -0.4 is 5.73 Å². The third-order valence-corrected chi connectivity index (χ3v) is 5.29. The summed E-state index contributed by atoms with van der Waals surface area (Å²) in [6.07, 6.45) is 9.74. The molecule has 0 aromatic carbocycles. The molecule has 3 nitrogen and oxygen atoms in total. The summed E-state index contributed by atoms with van der Waals surface area (Å²) in [6.45, 7) is 3.05. The molecule has 2 aliphatic rings. The fraction of sp³-hybridized carbons (Fsp3) is 0.867. The Labute approximate surface area is 121 Å². The van der Waals surface area contributed by atoms with Crippen molar-refractivity contribution in [2.45, 2.75) is 70.8 Å². The van der Waals surface area contributed by atoms with Crippen molar-refractivity contribution in [2.75, 3.05) is 6.54 Å². The summed E-state index contributed by atoms with van der Waals surface area (Å²) in [6, 6.07) is 0.336. The van der Waals surface area contributed by atoms with Gasteiger partial charge in [-0.1, -0.05) is 44.3 Å². The van der Waals surface area contributed by atoms with Crippen molar-refractivity contribution in [2.24, 2.45) is 11.1 Å². The van der Waals surface area contributed by atoms with Gasteiger partial charge in [0.15, 0.2) is 0 Å². The standard InChI is InChI=1S/C15H26N2OS/c1-12-8-4-2-7-11-17(12)14(18)15(13(16)19)9-5-3-6-10-15/h12H,2-11H2,1H3,(H2,16,19). The van der Waals surface area contributed by atoms with E-state index in [9.17, 15) is 4.79 Å². The Morgan fingerprint density at radius 3 is 2.42 bits per heavy atom. The zero-order valence-electron chi connectivity index (χ0n) is 12.0. The predicted octanol–water partition coefficient (Wildman–Crippen LogP) is 3.01. The SMILES string of the molecule is CC1CCCCCN1C(=O)C1(C(N)=S)CCCCC1. The first-order chi connectivity index (χ1) is 9.08. The van der Waals surface area contributed by atoms with E-state index in [1.165, 1.54) is 19.3 Å². The number of nitrogens with zero attached hydrogens (tertiary/aromatic N) is 1. The van der Waals surface area contributed by atoms with Crippen molar-refractivity contribution < 1.29 is 4.79 Å². The van der Waals surface area contributed by atoms with Crippen LogP contribution >= 0.6 is 12.2 Å². The van der Waals surface area contributed by atoms with E-state index < -0.39 is 5.41 Å². The van der Waals surface area contributed by atoms with E-state index >= 15 is 0 Å². The van der Waals surface area contributed by atoms with Gasteiger partial charge in [-0.25, -0.2) is 0 Å². The average molecular weight is 282 g/mol. The fourth-order valence-electron chi connectivity index (χ4n) is 3.57. The summed E-state index contributed by atoms with van der Waals surface area (Å²) < 4.78 is 0. The van der Waals surface area contributed by atoms with Gasteiger partial charge in [0.2, 0.25) is 5.91 Å². The Morgan fingerprint density at radius 2 is 1.79 bits per heavy atom. The number of hydrogen-bond donors (Lipinski definition) is 1. The highest BCUT2D eigenvalue weighted by Crippen LogP contribution is 2.39. The smallest absolute Gasteiger partial charge is 0.235 e.